The Bertz CT molecular complexity index is 1950. The number of rotatable bonds is 41. The highest BCUT2D eigenvalue weighted by Gasteiger charge is 2.36. The molecule has 0 heterocycles. The van der Waals surface area contributed by atoms with Gasteiger partial charge in [0.25, 0.3) is 0 Å². The van der Waals surface area contributed by atoms with Crippen LogP contribution in [-0.2, 0) is 105 Å². The van der Waals surface area contributed by atoms with Crippen LogP contribution in [0.2, 0.25) is 0 Å². The fourth-order valence-corrected chi connectivity index (χ4v) is 4.07. The smallest absolute Gasteiger partial charge is 0.333 e. The Labute approximate surface area is 491 Å². The predicted molar refractivity (Wildman–Crippen MR) is 302 cm³/mol. The molecule has 0 aromatic heterocycles. The van der Waals surface area contributed by atoms with Crippen molar-refractivity contribution in [1.82, 2.24) is 0 Å². The summed E-state index contributed by atoms with van der Waals surface area (Å²) in [5.41, 5.74) is -1.37. The van der Waals surface area contributed by atoms with Gasteiger partial charge in [-0.2, -0.15) is 0 Å². The van der Waals surface area contributed by atoms with Crippen LogP contribution in [0.25, 0.3) is 0 Å². The van der Waals surface area contributed by atoms with E-state index in [1.165, 1.54) is 20.8 Å². The minimum absolute atomic E-state index is 0.0194. The normalized spacial score (nSPS) is 10.4. The third-order valence-electron chi connectivity index (χ3n) is 8.77. The van der Waals surface area contributed by atoms with Crippen molar-refractivity contribution in [1.29, 1.82) is 0 Å². The zero-order valence-corrected chi connectivity index (χ0v) is 49.3. The van der Waals surface area contributed by atoms with Crippen molar-refractivity contribution in [2.75, 3.05) is 139 Å². The van der Waals surface area contributed by atoms with Gasteiger partial charge in [0, 0.05) is 52.2 Å². The van der Waals surface area contributed by atoms with E-state index in [0.717, 1.165) is 24.3 Å². The number of hydrogen-bond donors (Lipinski definition) is 5. The van der Waals surface area contributed by atoms with Crippen LogP contribution >= 0.6 is 0 Å². The van der Waals surface area contributed by atoms with E-state index in [1.54, 1.807) is 20.8 Å². The first-order valence-corrected chi connectivity index (χ1v) is 25.2. The highest BCUT2D eigenvalue weighted by molar-refractivity contribution is 5.89. The number of ether oxygens (including phenoxy) is 13. The first-order chi connectivity index (χ1) is 39.5. The molecule has 84 heavy (non-hydrogen) atoms. The average molecular weight is 1210 g/mol. The van der Waals surface area contributed by atoms with E-state index < -0.39 is 83.9 Å². The Morgan fingerprint density at radius 2 is 0.583 bits per heavy atom. The van der Waals surface area contributed by atoms with Gasteiger partial charge in [0.2, 0.25) is 0 Å². The fourth-order valence-electron chi connectivity index (χ4n) is 4.07. The van der Waals surface area contributed by atoms with E-state index in [0.29, 0.717) is 57.4 Å². The van der Waals surface area contributed by atoms with Crippen LogP contribution in [0.5, 0.6) is 0 Å². The second kappa shape index (κ2) is 54.8. The van der Waals surface area contributed by atoms with Crippen LogP contribution in [-0.4, -0.2) is 224 Å². The molecular formula is C57H88O27. The lowest BCUT2D eigenvalue weighted by atomic mass is 9.92. The minimum atomic E-state index is -1.30. The van der Waals surface area contributed by atoms with Gasteiger partial charge in [-0.3, -0.25) is 0 Å². The summed E-state index contributed by atoms with van der Waals surface area (Å²) in [7, 11) is 0. The Morgan fingerprint density at radius 3 is 0.833 bits per heavy atom. The van der Waals surface area contributed by atoms with Gasteiger partial charge in [-0.05, 0) is 41.5 Å². The van der Waals surface area contributed by atoms with E-state index in [1.807, 2.05) is 0 Å². The van der Waals surface area contributed by atoms with Crippen molar-refractivity contribution in [3.05, 3.63) is 111 Å². The summed E-state index contributed by atoms with van der Waals surface area (Å²) in [6.07, 6.45) is 3.31. The first kappa shape index (κ1) is 85.3. The van der Waals surface area contributed by atoms with Gasteiger partial charge in [0.05, 0.1) is 96.2 Å². The van der Waals surface area contributed by atoms with Crippen molar-refractivity contribution in [2.24, 2.45) is 10.8 Å². The van der Waals surface area contributed by atoms with Crippen LogP contribution in [0.3, 0.4) is 0 Å². The highest BCUT2D eigenvalue weighted by Crippen LogP contribution is 2.22. The molecule has 0 rings (SSSR count). The molecule has 0 amide bonds. The summed E-state index contributed by atoms with van der Waals surface area (Å²) in [5.74, 6) is -5.52. The quantitative estimate of drug-likeness (QED) is 0.0252. The summed E-state index contributed by atoms with van der Waals surface area (Å²) < 4.78 is 63.7. The van der Waals surface area contributed by atoms with Gasteiger partial charge in [0.1, 0.15) is 59.5 Å². The molecule has 0 aliphatic carbocycles. The molecule has 0 saturated carbocycles. The zero-order valence-electron chi connectivity index (χ0n) is 49.3. The summed E-state index contributed by atoms with van der Waals surface area (Å²) in [5, 5.41) is 44.6. The van der Waals surface area contributed by atoms with Crippen molar-refractivity contribution in [3.63, 3.8) is 0 Å². The lowest BCUT2D eigenvalue weighted by molar-refractivity contribution is -0.162. The lowest BCUT2D eigenvalue weighted by Crippen LogP contribution is -2.42. The van der Waals surface area contributed by atoms with Gasteiger partial charge in [-0.15, -0.1) is 0 Å². The van der Waals surface area contributed by atoms with Crippen molar-refractivity contribution >= 4 is 53.7 Å². The van der Waals surface area contributed by atoms with Crippen LogP contribution in [0.4, 0.5) is 0 Å². The first-order valence-electron chi connectivity index (χ1n) is 25.2. The van der Waals surface area contributed by atoms with Gasteiger partial charge in [-0.1, -0.05) is 59.2 Å². The van der Waals surface area contributed by atoms with Crippen molar-refractivity contribution in [3.8, 4) is 0 Å². The fraction of sp³-hybridized carbons (Fsp3) is 0.526. The largest absolute Gasteiger partial charge is 0.462 e. The van der Waals surface area contributed by atoms with E-state index in [9.17, 15) is 53.4 Å². The van der Waals surface area contributed by atoms with Crippen LogP contribution in [0, 0.1) is 10.8 Å². The molecule has 0 aromatic rings. The van der Waals surface area contributed by atoms with E-state index >= 15 is 0 Å². The summed E-state index contributed by atoms with van der Waals surface area (Å²) in [4.78, 5) is 99.9. The molecule has 0 fully saturated rings. The molecule has 0 spiro atoms. The number of hydrogen-bond acceptors (Lipinski definition) is 27. The molecule has 1 atom stereocenters. The molecule has 0 bridgehead atoms. The topological polar surface area (TPSA) is 375 Å². The molecule has 0 aromatic carbocycles. The van der Waals surface area contributed by atoms with Crippen molar-refractivity contribution < 1.29 is 130 Å². The standard InChI is InChI=1S/C17H24O7.C14H18O7.C11H20O6.C8H14O4.C7H12O3/c1-11(2)14(19)22-8-17(7-18,9-23-15(20)12(3)4)10-24-16(21)13(5)6;1-4-11(16)19-8-14(7-15,9-20-12(17)5-2)10-21-13(18)6-3;1-2-11(13)17-10-9-16-8-7-15-6-5-14-4-3-12;1-7(2)8(10)12-6-5-11-4-3-9;1-5(2)7(9)10-4-6(3)8/h18H,1,3,5,7-10H2,2,4,6H3;4-6,15H,1-3,7-10H2;2,12H,1,3-10H2;9H,1,3-6H2,2H3;6,8H,1,4H2,2-3H3. The third kappa shape index (κ3) is 52.6. The molecule has 1 unspecified atom stereocenters. The second-order valence-electron chi connectivity index (χ2n) is 17.2. The number of aliphatic hydroxyl groups excluding tert-OH is 5. The maximum Gasteiger partial charge on any atom is 0.333 e. The minimum Gasteiger partial charge on any atom is -0.462 e. The SMILES string of the molecule is C=C(C)C(=O)OCC(C)O.C=C(C)C(=O)OCC(CO)(COC(=O)C(=C)C)COC(=O)C(=C)C.C=C(C)C(=O)OCCOCCO.C=CC(=O)OCC(CO)(COC(=O)C=C)COC(=O)C=C.C=CC(=O)OCCOCCOCCOCCO. The Balaban J connectivity index is -0.000000320. The monoisotopic (exact) mass is 1200 g/mol. The molecule has 27 heteroatoms. The molecule has 478 valence electrons. The van der Waals surface area contributed by atoms with E-state index in [-0.39, 0.29) is 96.0 Å². The number of carbonyl (C=O) groups is 9. The second-order valence-corrected chi connectivity index (χ2v) is 17.2. The van der Waals surface area contributed by atoms with Gasteiger partial charge in [0.15, 0.2) is 0 Å². The molecular weight excluding hydrogens is 1120 g/mol. The van der Waals surface area contributed by atoms with Gasteiger partial charge in [-0.25, -0.2) is 43.2 Å². The Hall–Kier alpha value is -7.47. The van der Waals surface area contributed by atoms with E-state index in [4.69, 9.17) is 72.2 Å². The molecule has 0 radical (unpaired) electrons. The van der Waals surface area contributed by atoms with Gasteiger partial charge >= 0.3 is 53.7 Å². The highest BCUT2D eigenvalue weighted by atomic mass is 16.6. The summed E-state index contributed by atoms with van der Waals surface area (Å²) in [6.45, 7) is 39.6. The molecule has 5 N–H and O–H groups in total. The van der Waals surface area contributed by atoms with E-state index in [2.05, 4.69) is 63.9 Å². The van der Waals surface area contributed by atoms with Crippen LogP contribution in [0.15, 0.2) is 111 Å². The van der Waals surface area contributed by atoms with Crippen LogP contribution < -0.4 is 0 Å². The Kier molecular flexibility index (Phi) is 55.6. The molecule has 0 saturated heterocycles. The summed E-state index contributed by atoms with van der Waals surface area (Å²) in [6, 6.07) is 0. The maximum absolute atomic E-state index is 11.6. The molecule has 27 nitrogen and oxygen atoms in total. The molecule has 0 aliphatic heterocycles. The maximum atomic E-state index is 11.6. The number of esters is 9. The van der Waals surface area contributed by atoms with Crippen LogP contribution in [0.1, 0.15) is 41.5 Å². The number of aliphatic hydroxyl groups is 5. The predicted octanol–water partition coefficient (Wildman–Crippen LogP) is 1.83. The lowest BCUT2D eigenvalue weighted by Gasteiger charge is -2.30. The molecule has 0 aliphatic rings. The average Bonchev–Trinajstić information content (AvgIpc) is 3.65. The van der Waals surface area contributed by atoms with Gasteiger partial charge < -0.3 is 87.1 Å². The number of carbonyl (C=O) groups excluding carboxylic acids is 9. The summed E-state index contributed by atoms with van der Waals surface area (Å²) >= 11 is 0. The zero-order chi connectivity index (χ0) is 65.5. The third-order valence-corrected chi connectivity index (χ3v) is 8.77. The Morgan fingerprint density at radius 1 is 0.357 bits per heavy atom. The van der Waals surface area contributed by atoms with Crippen molar-refractivity contribution in [2.45, 2.75) is 47.6 Å².